The zero-order valence-corrected chi connectivity index (χ0v) is 6.44. The molecule has 0 unspecified atom stereocenters. The van der Waals surface area contributed by atoms with Gasteiger partial charge in [0.15, 0.2) is 0 Å². The Balaban J connectivity index is 2.11. The van der Waals surface area contributed by atoms with E-state index in [0.717, 1.165) is 12.6 Å². The van der Waals surface area contributed by atoms with Crippen LogP contribution in [-0.2, 0) is 9.59 Å². The van der Waals surface area contributed by atoms with Gasteiger partial charge >= 0.3 is 0 Å². The Hall–Kier alpha value is -1.18. The Bertz CT molecular complexity index is 296. The number of carbonyl (C=O) groups excluding carboxylic acids is 2. The monoisotopic (exact) mass is 160 g/mol. The van der Waals surface area contributed by atoms with Gasteiger partial charge in [0.1, 0.15) is 12.6 Å². The summed E-state index contributed by atoms with van der Waals surface area (Å²) in [5, 5.41) is 0. The van der Waals surface area contributed by atoms with Crippen LogP contribution in [-0.4, -0.2) is 12.6 Å². The van der Waals surface area contributed by atoms with E-state index in [0.29, 0.717) is 0 Å². The number of fused-ring (bicyclic) bond motifs is 4. The molecule has 12 heavy (non-hydrogen) atoms. The van der Waals surface area contributed by atoms with E-state index in [1.165, 1.54) is 0 Å². The molecule has 1 fully saturated rings. The first-order valence-corrected chi connectivity index (χ1v) is 4.11. The Kier molecular flexibility index (Phi) is 0.776. The van der Waals surface area contributed by atoms with E-state index < -0.39 is 0 Å². The molecular weight excluding hydrogens is 152 g/mol. The SMILES string of the molecule is O=CC12C=CC1C1(C=O)C=CC21. The van der Waals surface area contributed by atoms with E-state index in [2.05, 4.69) is 0 Å². The van der Waals surface area contributed by atoms with Crippen molar-refractivity contribution in [2.45, 2.75) is 0 Å². The molecule has 60 valence electrons. The zero-order chi connectivity index (χ0) is 8.40. The Morgan fingerprint density at radius 2 is 1.33 bits per heavy atom. The lowest BCUT2D eigenvalue weighted by Crippen LogP contribution is -2.70. The minimum absolute atomic E-state index is 0.162. The molecule has 0 aromatic carbocycles. The summed E-state index contributed by atoms with van der Waals surface area (Å²) in [6.07, 6.45) is 9.80. The summed E-state index contributed by atoms with van der Waals surface area (Å²) in [5.74, 6) is 0.324. The number of hydrogen-bond acceptors (Lipinski definition) is 2. The lowest BCUT2D eigenvalue weighted by molar-refractivity contribution is -0.160. The van der Waals surface area contributed by atoms with Crippen LogP contribution in [0.5, 0.6) is 0 Å². The van der Waals surface area contributed by atoms with Crippen LogP contribution >= 0.6 is 0 Å². The Morgan fingerprint density at radius 3 is 1.50 bits per heavy atom. The van der Waals surface area contributed by atoms with Crippen molar-refractivity contribution in [2.75, 3.05) is 0 Å². The molecule has 0 N–H and O–H groups in total. The van der Waals surface area contributed by atoms with Gasteiger partial charge in [0.2, 0.25) is 0 Å². The van der Waals surface area contributed by atoms with Gasteiger partial charge in [-0.25, -0.2) is 0 Å². The predicted molar refractivity (Wildman–Crippen MR) is 42.3 cm³/mol. The normalized spacial score (nSPS) is 57.0. The van der Waals surface area contributed by atoms with E-state index in [1.54, 1.807) is 0 Å². The number of hydrogen-bond donors (Lipinski definition) is 0. The number of aldehydes is 2. The van der Waals surface area contributed by atoms with E-state index in [-0.39, 0.29) is 22.7 Å². The smallest absolute Gasteiger partial charge is 0.131 e. The summed E-state index contributed by atoms with van der Waals surface area (Å²) in [6.45, 7) is 0. The van der Waals surface area contributed by atoms with Crippen LogP contribution < -0.4 is 0 Å². The molecule has 0 amide bonds. The highest BCUT2D eigenvalue weighted by molar-refractivity contribution is 5.84. The third-order valence-corrected chi connectivity index (χ3v) is 3.72. The minimum Gasteiger partial charge on any atom is -0.302 e. The maximum Gasteiger partial charge on any atom is 0.131 e. The quantitative estimate of drug-likeness (QED) is 0.441. The number of rotatable bonds is 2. The van der Waals surface area contributed by atoms with Gasteiger partial charge in [-0.2, -0.15) is 0 Å². The molecule has 0 atom stereocenters. The molecule has 0 heterocycles. The highest BCUT2D eigenvalue weighted by Gasteiger charge is 2.73. The summed E-state index contributed by atoms with van der Waals surface area (Å²) in [4.78, 5) is 21.6. The van der Waals surface area contributed by atoms with Crippen LogP contribution in [0, 0.1) is 22.7 Å². The van der Waals surface area contributed by atoms with Crippen molar-refractivity contribution in [3.63, 3.8) is 0 Å². The number of allylic oxidation sites excluding steroid dienone is 4. The van der Waals surface area contributed by atoms with Crippen LogP contribution in [0.25, 0.3) is 0 Å². The molecule has 3 rings (SSSR count). The maximum absolute atomic E-state index is 10.8. The largest absolute Gasteiger partial charge is 0.302 e. The third-order valence-electron chi connectivity index (χ3n) is 3.72. The maximum atomic E-state index is 10.8. The summed E-state index contributed by atoms with van der Waals surface area (Å²) in [6, 6.07) is 0. The van der Waals surface area contributed by atoms with Crippen molar-refractivity contribution < 1.29 is 9.59 Å². The fourth-order valence-corrected chi connectivity index (χ4v) is 2.90. The summed E-state index contributed by atoms with van der Waals surface area (Å²) in [5.41, 5.74) is -0.592. The molecule has 0 aromatic rings. The van der Waals surface area contributed by atoms with Gasteiger partial charge in [-0.3, -0.25) is 0 Å². The van der Waals surface area contributed by atoms with Gasteiger partial charge in [0.25, 0.3) is 0 Å². The van der Waals surface area contributed by atoms with Crippen LogP contribution in [0.3, 0.4) is 0 Å². The molecule has 0 saturated heterocycles. The molecular formula is C10H8O2. The molecule has 2 nitrogen and oxygen atoms in total. The van der Waals surface area contributed by atoms with E-state index in [1.807, 2.05) is 24.3 Å². The van der Waals surface area contributed by atoms with E-state index in [4.69, 9.17) is 0 Å². The highest BCUT2D eigenvalue weighted by Crippen LogP contribution is 2.73. The average Bonchev–Trinajstić information content (AvgIpc) is 2.04. The number of carbonyl (C=O) groups is 2. The van der Waals surface area contributed by atoms with Crippen molar-refractivity contribution in [1.82, 2.24) is 0 Å². The summed E-state index contributed by atoms with van der Waals surface area (Å²) in [7, 11) is 0. The summed E-state index contributed by atoms with van der Waals surface area (Å²) < 4.78 is 0. The van der Waals surface area contributed by atoms with Crippen molar-refractivity contribution in [3.8, 4) is 0 Å². The molecule has 1 saturated carbocycles. The molecule has 0 spiro atoms. The molecule has 0 aromatic heterocycles. The van der Waals surface area contributed by atoms with Gasteiger partial charge in [-0.15, -0.1) is 0 Å². The summed E-state index contributed by atoms with van der Waals surface area (Å²) >= 11 is 0. The Labute approximate surface area is 70.0 Å². The zero-order valence-electron chi connectivity index (χ0n) is 6.44. The van der Waals surface area contributed by atoms with E-state index >= 15 is 0 Å². The van der Waals surface area contributed by atoms with Crippen LogP contribution in [0.4, 0.5) is 0 Å². The minimum atomic E-state index is -0.296. The van der Waals surface area contributed by atoms with Gasteiger partial charge in [0, 0.05) is 11.8 Å². The van der Waals surface area contributed by atoms with Gasteiger partial charge in [0.05, 0.1) is 10.8 Å². The molecule has 0 radical (unpaired) electrons. The van der Waals surface area contributed by atoms with Gasteiger partial charge in [-0.05, 0) is 0 Å². The molecule has 0 bridgehead atoms. The predicted octanol–water partition coefficient (Wildman–Crippen LogP) is 0.743. The standard InChI is InChI=1S/C10H8O2/c11-5-9-3-1-7(9)10(6-12)4-2-8(9)10/h1-8H. The van der Waals surface area contributed by atoms with Crippen LogP contribution in [0.2, 0.25) is 0 Å². The van der Waals surface area contributed by atoms with Gasteiger partial charge < -0.3 is 9.59 Å². The second-order valence-electron chi connectivity index (χ2n) is 3.91. The second kappa shape index (κ2) is 1.47. The molecule has 2 heteroatoms. The van der Waals surface area contributed by atoms with E-state index in [9.17, 15) is 9.59 Å². The van der Waals surface area contributed by atoms with Crippen LogP contribution in [0.15, 0.2) is 24.3 Å². The average molecular weight is 160 g/mol. The molecule has 3 aliphatic carbocycles. The van der Waals surface area contributed by atoms with Crippen molar-refractivity contribution >= 4 is 12.6 Å². The third kappa shape index (κ3) is 0.324. The fourth-order valence-electron chi connectivity index (χ4n) is 2.90. The first-order valence-electron chi connectivity index (χ1n) is 4.11. The molecule has 3 aliphatic rings. The van der Waals surface area contributed by atoms with Crippen LogP contribution in [0.1, 0.15) is 0 Å². The second-order valence-corrected chi connectivity index (χ2v) is 3.91. The van der Waals surface area contributed by atoms with Crippen molar-refractivity contribution in [1.29, 1.82) is 0 Å². The first-order chi connectivity index (χ1) is 5.80. The van der Waals surface area contributed by atoms with Crippen molar-refractivity contribution in [2.24, 2.45) is 22.7 Å². The van der Waals surface area contributed by atoms with Crippen molar-refractivity contribution in [3.05, 3.63) is 24.3 Å². The topological polar surface area (TPSA) is 34.1 Å². The highest BCUT2D eigenvalue weighted by atomic mass is 16.1. The lowest BCUT2D eigenvalue weighted by Gasteiger charge is -2.69. The fraction of sp³-hybridized carbons (Fsp3) is 0.400. The van der Waals surface area contributed by atoms with Gasteiger partial charge in [-0.1, -0.05) is 24.3 Å². The Morgan fingerprint density at radius 1 is 0.917 bits per heavy atom. The lowest BCUT2D eigenvalue weighted by atomic mass is 9.31. The first kappa shape index (κ1) is 6.35. The molecule has 0 aliphatic heterocycles.